The summed E-state index contributed by atoms with van der Waals surface area (Å²) in [6, 6.07) is 16.3. The summed E-state index contributed by atoms with van der Waals surface area (Å²) < 4.78 is 13.5. The van der Waals surface area contributed by atoms with Crippen LogP contribution in [-0.4, -0.2) is 54.8 Å². The molecule has 3 aromatic rings. The number of amides is 1. The molecule has 10 heteroatoms. The van der Waals surface area contributed by atoms with Crippen LogP contribution in [0.3, 0.4) is 0 Å². The van der Waals surface area contributed by atoms with Crippen LogP contribution in [0.5, 0.6) is 0 Å². The lowest BCUT2D eigenvalue weighted by Gasteiger charge is -2.36. The zero-order valence-electron chi connectivity index (χ0n) is 22.5. The summed E-state index contributed by atoms with van der Waals surface area (Å²) in [4.78, 5) is 19.8. The van der Waals surface area contributed by atoms with Crippen LogP contribution < -0.4 is 10.4 Å². The highest BCUT2D eigenvalue weighted by Crippen LogP contribution is 2.37. The molecule has 1 fully saturated rings. The third-order valence-electron chi connectivity index (χ3n) is 7.53. The molecular weight excluding hydrogens is 498 g/mol. The first kappa shape index (κ1) is 26.1. The van der Waals surface area contributed by atoms with Crippen molar-refractivity contribution in [2.75, 3.05) is 18.1 Å². The van der Waals surface area contributed by atoms with Gasteiger partial charge in [-0.15, -0.1) is 5.10 Å². The average molecular weight is 534 g/mol. The van der Waals surface area contributed by atoms with E-state index < -0.39 is 8.32 Å². The summed E-state index contributed by atoms with van der Waals surface area (Å²) in [6.45, 7) is 12.7. The molecule has 0 radical (unpaired) electrons. The van der Waals surface area contributed by atoms with Crippen LogP contribution in [0.1, 0.15) is 26.3 Å². The minimum absolute atomic E-state index is 0.112. The minimum Gasteiger partial charge on any atom is -0.442 e. The van der Waals surface area contributed by atoms with Gasteiger partial charge in [0.25, 0.3) is 0 Å². The van der Waals surface area contributed by atoms with Crippen molar-refractivity contribution in [2.24, 2.45) is 0 Å². The largest absolute Gasteiger partial charge is 0.442 e. The fourth-order valence-corrected chi connectivity index (χ4v) is 5.19. The maximum absolute atomic E-state index is 12.4. The molecule has 2 aliphatic rings. The Hall–Kier alpha value is -3.47. The second-order valence-electron chi connectivity index (χ2n) is 11.3. The molecule has 1 saturated heterocycles. The maximum atomic E-state index is 12.4. The van der Waals surface area contributed by atoms with Crippen LogP contribution in [0.25, 0.3) is 16.8 Å². The number of nitrogens with zero attached hydrogens (tertiary/aromatic N) is 4. The summed E-state index contributed by atoms with van der Waals surface area (Å²) in [5.41, 5.74) is 8.02. The van der Waals surface area contributed by atoms with Gasteiger partial charge in [-0.05, 0) is 53.0 Å². The molecule has 1 amide bonds. The van der Waals surface area contributed by atoms with Crippen molar-refractivity contribution in [2.45, 2.75) is 57.7 Å². The zero-order chi connectivity index (χ0) is 26.9. The number of benzene rings is 2. The lowest BCUT2D eigenvalue weighted by Crippen LogP contribution is -2.42. The minimum atomic E-state index is -1.82. The third kappa shape index (κ3) is 5.67. The van der Waals surface area contributed by atoms with Crippen molar-refractivity contribution in [3.8, 4) is 11.1 Å². The van der Waals surface area contributed by atoms with E-state index in [1.807, 2.05) is 24.3 Å². The van der Waals surface area contributed by atoms with Crippen LogP contribution in [-0.2, 0) is 20.5 Å². The number of hydrogen-bond donors (Lipinski definition) is 1. The molecule has 9 nitrogen and oxygen atoms in total. The quantitative estimate of drug-likeness (QED) is 0.396. The molecule has 5 rings (SSSR count). The van der Waals surface area contributed by atoms with Crippen molar-refractivity contribution < 1.29 is 18.8 Å². The molecule has 38 heavy (non-hydrogen) atoms. The van der Waals surface area contributed by atoms with E-state index in [1.54, 1.807) is 22.0 Å². The van der Waals surface area contributed by atoms with Gasteiger partial charge in [0.1, 0.15) is 12.2 Å². The average Bonchev–Trinajstić information content (AvgIpc) is 3.65. The zero-order valence-corrected chi connectivity index (χ0v) is 23.5. The van der Waals surface area contributed by atoms with E-state index in [-0.39, 0.29) is 23.3 Å². The molecule has 1 N–H and O–H groups in total. The normalized spacial score (nSPS) is 19.9. The molecule has 0 spiro atoms. The van der Waals surface area contributed by atoms with Crippen LogP contribution in [0.2, 0.25) is 18.1 Å². The van der Waals surface area contributed by atoms with E-state index in [4.69, 9.17) is 14.0 Å². The molecule has 2 aliphatic heterocycles. The molecule has 1 aromatic heterocycles. The van der Waals surface area contributed by atoms with Gasteiger partial charge < -0.3 is 9.16 Å². The highest BCUT2D eigenvalue weighted by atomic mass is 28.4. The van der Waals surface area contributed by atoms with Crippen molar-refractivity contribution in [3.63, 3.8) is 0 Å². The highest BCUT2D eigenvalue weighted by Gasteiger charge is 2.38. The Balaban J connectivity index is 1.19. The number of carbonyl (C=O) groups excluding carboxylic acids is 1. The molecule has 1 unspecified atom stereocenters. The van der Waals surface area contributed by atoms with Gasteiger partial charge in [0.2, 0.25) is 0 Å². The van der Waals surface area contributed by atoms with Gasteiger partial charge in [-0.2, -0.15) is 0 Å². The fraction of sp³-hybridized carbons (Fsp3) is 0.393. The SMILES string of the molecule is CC(C)(C)[Si](C)(C)OCC1C=C(c2ccc(-c3ccc(N4C[C@H](Cn5ccnn5)OC4=O)cc3)cc2)NO1. The van der Waals surface area contributed by atoms with E-state index in [0.717, 1.165) is 28.1 Å². The van der Waals surface area contributed by atoms with Gasteiger partial charge in [0.15, 0.2) is 8.32 Å². The molecule has 0 saturated carbocycles. The number of hydroxylamine groups is 1. The van der Waals surface area contributed by atoms with Crippen molar-refractivity contribution in [3.05, 3.63) is 72.6 Å². The van der Waals surface area contributed by atoms with E-state index in [0.29, 0.717) is 19.7 Å². The van der Waals surface area contributed by atoms with Crippen molar-refractivity contribution in [1.29, 1.82) is 0 Å². The number of ether oxygens (including phenoxy) is 1. The lowest BCUT2D eigenvalue weighted by molar-refractivity contribution is 0.0203. The monoisotopic (exact) mass is 533 g/mol. The second-order valence-corrected chi connectivity index (χ2v) is 16.1. The molecule has 2 atom stereocenters. The number of rotatable bonds is 8. The summed E-state index contributed by atoms with van der Waals surface area (Å²) in [5.74, 6) is 0. The Morgan fingerprint density at radius 1 is 1.05 bits per heavy atom. The van der Waals surface area contributed by atoms with Crippen LogP contribution in [0.4, 0.5) is 10.5 Å². The standard InChI is InChI=1S/C28H35N5O4Si/c1-28(2,3)38(4,5)35-19-24-16-26(30-37-24)22-8-6-20(7-9-22)21-10-12-23(13-11-21)33-18-25(36-27(33)34)17-32-15-14-29-31-32/h6-16,24-25,30H,17-19H2,1-5H3/t24?,25-/m0/s1. The molecule has 2 aromatic carbocycles. The Morgan fingerprint density at radius 2 is 1.71 bits per heavy atom. The number of aromatic nitrogens is 3. The molecule has 0 aliphatic carbocycles. The van der Waals surface area contributed by atoms with Gasteiger partial charge >= 0.3 is 6.09 Å². The number of hydrogen-bond acceptors (Lipinski definition) is 7. The summed E-state index contributed by atoms with van der Waals surface area (Å²) in [6.07, 6.45) is 4.72. The Morgan fingerprint density at radius 3 is 2.34 bits per heavy atom. The predicted octanol–water partition coefficient (Wildman–Crippen LogP) is 5.24. The number of anilines is 1. The summed E-state index contributed by atoms with van der Waals surface area (Å²) in [5, 5.41) is 7.91. The van der Waals surface area contributed by atoms with Gasteiger partial charge in [-0.1, -0.05) is 62.4 Å². The van der Waals surface area contributed by atoms with Gasteiger partial charge in [-0.25, -0.2) is 9.48 Å². The predicted molar refractivity (Wildman–Crippen MR) is 149 cm³/mol. The van der Waals surface area contributed by atoms with Gasteiger partial charge in [0, 0.05) is 11.9 Å². The van der Waals surface area contributed by atoms with Gasteiger partial charge in [-0.3, -0.25) is 15.2 Å². The highest BCUT2D eigenvalue weighted by molar-refractivity contribution is 6.74. The van der Waals surface area contributed by atoms with E-state index in [1.165, 1.54) is 0 Å². The van der Waals surface area contributed by atoms with Crippen molar-refractivity contribution >= 4 is 25.8 Å². The molecule has 200 valence electrons. The number of nitrogens with one attached hydrogen (secondary N) is 1. The van der Waals surface area contributed by atoms with E-state index in [9.17, 15) is 4.79 Å². The first-order valence-electron chi connectivity index (χ1n) is 12.9. The third-order valence-corrected chi connectivity index (χ3v) is 12.0. The van der Waals surface area contributed by atoms with Crippen LogP contribution in [0, 0.1) is 0 Å². The van der Waals surface area contributed by atoms with Gasteiger partial charge in [0.05, 0.1) is 31.6 Å². The lowest BCUT2D eigenvalue weighted by atomic mass is 10.0. The van der Waals surface area contributed by atoms with Crippen molar-refractivity contribution in [1.82, 2.24) is 20.5 Å². The Labute approximate surface area is 224 Å². The van der Waals surface area contributed by atoms with E-state index >= 15 is 0 Å². The Kier molecular flexibility index (Phi) is 7.13. The summed E-state index contributed by atoms with van der Waals surface area (Å²) >= 11 is 0. The second kappa shape index (κ2) is 10.4. The summed E-state index contributed by atoms with van der Waals surface area (Å²) in [7, 11) is -1.82. The molecular formula is C28H35N5O4Si. The fourth-order valence-electron chi connectivity index (χ4n) is 4.18. The maximum Gasteiger partial charge on any atom is 0.414 e. The number of carbonyl (C=O) groups is 1. The molecule has 0 bridgehead atoms. The smallest absolute Gasteiger partial charge is 0.414 e. The topological polar surface area (TPSA) is 90.7 Å². The van der Waals surface area contributed by atoms with E-state index in [2.05, 4.69) is 80.0 Å². The molecule has 3 heterocycles. The Bertz CT molecular complexity index is 1280. The first-order chi connectivity index (χ1) is 18.1. The number of cyclic esters (lactones) is 1. The first-order valence-corrected chi connectivity index (χ1v) is 15.8. The van der Waals surface area contributed by atoms with Crippen LogP contribution in [0.15, 0.2) is 67.0 Å². The van der Waals surface area contributed by atoms with Crippen LogP contribution >= 0.6 is 0 Å².